The number of hydrogen-bond donors (Lipinski definition) is 1. The van der Waals surface area contributed by atoms with Gasteiger partial charge in [0.2, 0.25) is 11.8 Å². The molecule has 0 saturated carbocycles. The van der Waals surface area contributed by atoms with Crippen LogP contribution in [0.25, 0.3) is 0 Å². The third-order valence-corrected chi connectivity index (χ3v) is 3.78. The molecule has 0 saturated heterocycles. The van der Waals surface area contributed by atoms with Gasteiger partial charge in [-0.3, -0.25) is 9.59 Å². The molecular weight excluding hydrogens is 341 g/mol. The molecule has 0 atom stereocenters. The number of amides is 2. The van der Waals surface area contributed by atoms with Gasteiger partial charge >= 0.3 is 6.18 Å². The molecule has 0 unspecified atom stereocenters. The number of nitrogens with one attached hydrogen (secondary N) is 1. The summed E-state index contributed by atoms with van der Waals surface area (Å²) < 4.78 is 37.2. The summed E-state index contributed by atoms with van der Waals surface area (Å²) in [6, 6.07) is 7.18. The third kappa shape index (κ3) is 8.05. The Hall–Kier alpha value is -1.96. The first kappa shape index (κ1) is 20.1. The van der Waals surface area contributed by atoms with Crippen LogP contribution in [0.2, 0.25) is 0 Å². The Morgan fingerprint density at radius 1 is 1.25 bits per heavy atom. The van der Waals surface area contributed by atoms with Crippen molar-refractivity contribution in [3.63, 3.8) is 0 Å². The molecule has 0 fully saturated rings. The smallest absolute Gasteiger partial charge is 0.329 e. The number of alkyl halides is 3. The van der Waals surface area contributed by atoms with Crippen molar-refractivity contribution in [1.29, 1.82) is 0 Å². The molecule has 0 aliphatic carbocycles. The molecule has 1 aromatic rings. The first-order valence-electron chi connectivity index (χ1n) is 7.11. The van der Waals surface area contributed by atoms with Gasteiger partial charge in [-0.05, 0) is 19.1 Å². The predicted octanol–water partition coefficient (Wildman–Crippen LogP) is 3.24. The van der Waals surface area contributed by atoms with E-state index in [1.165, 1.54) is 6.08 Å². The SMILES string of the molecule is C=CCN(CC(F)(F)F)C(=O)CSCC(=O)Nc1ccc(C)cc1. The highest BCUT2D eigenvalue weighted by Gasteiger charge is 2.32. The summed E-state index contributed by atoms with van der Waals surface area (Å²) in [7, 11) is 0. The van der Waals surface area contributed by atoms with Crippen LogP contribution in [0.15, 0.2) is 36.9 Å². The van der Waals surface area contributed by atoms with Crippen molar-refractivity contribution < 1.29 is 22.8 Å². The lowest BCUT2D eigenvalue weighted by Gasteiger charge is -2.22. The number of nitrogens with zero attached hydrogens (tertiary/aromatic N) is 1. The second-order valence-corrected chi connectivity index (χ2v) is 6.07. The second-order valence-electron chi connectivity index (χ2n) is 5.09. The standard InChI is InChI=1S/C16H19F3N2O2S/c1-3-8-21(11-16(17,18)19)15(23)10-24-9-14(22)20-13-6-4-12(2)5-7-13/h3-7H,1,8-11H2,2H3,(H,20,22). The molecule has 0 radical (unpaired) electrons. The number of aryl methyl sites for hydroxylation is 1. The third-order valence-electron chi connectivity index (χ3n) is 2.87. The Kier molecular flexibility index (Phi) is 7.84. The van der Waals surface area contributed by atoms with Crippen LogP contribution in [0.1, 0.15) is 5.56 Å². The molecule has 0 aromatic heterocycles. The van der Waals surface area contributed by atoms with Crippen molar-refractivity contribution in [3.8, 4) is 0 Å². The van der Waals surface area contributed by atoms with Crippen LogP contribution in [-0.4, -0.2) is 47.5 Å². The van der Waals surface area contributed by atoms with Crippen LogP contribution in [0, 0.1) is 6.92 Å². The zero-order chi connectivity index (χ0) is 18.2. The summed E-state index contributed by atoms with van der Waals surface area (Å²) in [6.45, 7) is 3.75. The summed E-state index contributed by atoms with van der Waals surface area (Å²) in [4.78, 5) is 24.2. The molecule has 1 rings (SSSR count). The van der Waals surface area contributed by atoms with Crippen LogP contribution in [0.3, 0.4) is 0 Å². The first-order valence-corrected chi connectivity index (χ1v) is 8.26. The van der Waals surface area contributed by atoms with Gasteiger partial charge in [-0.1, -0.05) is 23.8 Å². The van der Waals surface area contributed by atoms with Crippen LogP contribution in [0.4, 0.5) is 18.9 Å². The molecule has 2 amide bonds. The van der Waals surface area contributed by atoms with Gasteiger partial charge in [-0.2, -0.15) is 13.2 Å². The molecule has 8 heteroatoms. The van der Waals surface area contributed by atoms with Crippen LogP contribution >= 0.6 is 11.8 Å². The van der Waals surface area contributed by atoms with Gasteiger partial charge in [0.25, 0.3) is 0 Å². The maximum atomic E-state index is 12.4. The highest BCUT2D eigenvalue weighted by Crippen LogP contribution is 2.17. The molecule has 132 valence electrons. The topological polar surface area (TPSA) is 49.4 Å². The zero-order valence-electron chi connectivity index (χ0n) is 13.2. The van der Waals surface area contributed by atoms with Gasteiger partial charge < -0.3 is 10.2 Å². The Labute approximate surface area is 143 Å². The van der Waals surface area contributed by atoms with E-state index in [0.29, 0.717) is 10.6 Å². The lowest BCUT2D eigenvalue weighted by molar-refractivity contribution is -0.158. The van der Waals surface area contributed by atoms with Crippen molar-refractivity contribution in [2.24, 2.45) is 0 Å². The maximum absolute atomic E-state index is 12.4. The maximum Gasteiger partial charge on any atom is 0.406 e. The monoisotopic (exact) mass is 360 g/mol. The van der Waals surface area contributed by atoms with Crippen LogP contribution < -0.4 is 5.32 Å². The minimum absolute atomic E-state index is 0.0203. The fourth-order valence-corrected chi connectivity index (χ4v) is 2.50. The van der Waals surface area contributed by atoms with Crippen molar-refractivity contribution >= 4 is 29.3 Å². The number of benzene rings is 1. The first-order chi connectivity index (χ1) is 11.2. The van der Waals surface area contributed by atoms with E-state index in [9.17, 15) is 22.8 Å². The summed E-state index contributed by atoms with van der Waals surface area (Å²) in [6.07, 6.45) is -3.23. The number of anilines is 1. The normalized spacial score (nSPS) is 11.0. The van der Waals surface area contributed by atoms with E-state index >= 15 is 0 Å². The summed E-state index contributed by atoms with van der Waals surface area (Å²) in [5.74, 6) is -1.22. The van der Waals surface area contributed by atoms with Crippen molar-refractivity contribution in [1.82, 2.24) is 4.90 Å². The van der Waals surface area contributed by atoms with E-state index in [0.717, 1.165) is 17.3 Å². The highest BCUT2D eigenvalue weighted by molar-refractivity contribution is 8.00. The van der Waals surface area contributed by atoms with Crippen LogP contribution in [0.5, 0.6) is 0 Å². The predicted molar refractivity (Wildman–Crippen MR) is 90.0 cm³/mol. The Bertz CT molecular complexity index is 574. The number of halogens is 3. The van der Waals surface area contributed by atoms with Gasteiger partial charge in [-0.15, -0.1) is 18.3 Å². The van der Waals surface area contributed by atoms with E-state index in [-0.39, 0.29) is 24.0 Å². The highest BCUT2D eigenvalue weighted by atomic mass is 32.2. The molecule has 0 heterocycles. The van der Waals surface area contributed by atoms with Gasteiger partial charge in [0.05, 0.1) is 11.5 Å². The lowest BCUT2D eigenvalue weighted by Crippen LogP contribution is -2.40. The van der Waals surface area contributed by atoms with E-state index in [2.05, 4.69) is 11.9 Å². The largest absolute Gasteiger partial charge is 0.406 e. The quantitative estimate of drug-likeness (QED) is 0.724. The second kappa shape index (κ2) is 9.36. The summed E-state index contributed by atoms with van der Waals surface area (Å²) in [5, 5.41) is 2.65. The fraction of sp³-hybridized carbons (Fsp3) is 0.375. The summed E-state index contributed by atoms with van der Waals surface area (Å²) in [5.41, 5.74) is 1.68. The number of carbonyl (C=O) groups excluding carboxylic acids is 2. The average Bonchev–Trinajstić information content (AvgIpc) is 2.48. The van der Waals surface area contributed by atoms with Gasteiger partial charge in [0, 0.05) is 12.2 Å². The van der Waals surface area contributed by atoms with Gasteiger partial charge in [-0.25, -0.2) is 0 Å². The molecule has 4 nitrogen and oxygen atoms in total. The van der Waals surface area contributed by atoms with Crippen molar-refractivity contribution in [2.45, 2.75) is 13.1 Å². The Morgan fingerprint density at radius 3 is 2.42 bits per heavy atom. The van der Waals surface area contributed by atoms with Crippen molar-refractivity contribution in [2.75, 3.05) is 29.9 Å². The molecule has 0 spiro atoms. The Morgan fingerprint density at radius 2 is 1.88 bits per heavy atom. The van der Waals surface area contributed by atoms with E-state index in [1.54, 1.807) is 12.1 Å². The molecule has 1 N–H and O–H groups in total. The van der Waals surface area contributed by atoms with E-state index < -0.39 is 18.6 Å². The van der Waals surface area contributed by atoms with Crippen molar-refractivity contribution in [3.05, 3.63) is 42.5 Å². The Balaban J connectivity index is 2.40. The summed E-state index contributed by atoms with van der Waals surface area (Å²) >= 11 is 0.967. The number of thioether (sulfide) groups is 1. The van der Waals surface area contributed by atoms with E-state index in [1.807, 2.05) is 19.1 Å². The van der Waals surface area contributed by atoms with E-state index in [4.69, 9.17) is 0 Å². The molecule has 0 bridgehead atoms. The van der Waals surface area contributed by atoms with Gasteiger partial charge in [0.15, 0.2) is 0 Å². The fourth-order valence-electron chi connectivity index (χ4n) is 1.78. The lowest BCUT2D eigenvalue weighted by atomic mass is 10.2. The zero-order valence-corrected chi connectivity index (χ0v) is 14.0. The molecular formula is C16H19F3N2O2S. The number of carbonyl (C=O) groups is 2. The van der Waals surface area contributed by atoms with Crippen LogP contribution in [-0.2, 0) is 9.59 Å². The molecule has 1 aromatic carbocycles. The molecule has 0 aliphatic rings. The van der Waals surface area contributed by atoms with Gasteiger partial charge in [0.1, 0.15) is 6.54 Å². The minimum atomic E-state index is -4.47. The number of rotatable bonds is 8. The molecule has 0 aliphatic heterocycles. The minimum Gasteiger partial charge on any atom is -0.329 e. The molecule has 24 heavy (non-hydrogen) atoms. The number of hydrogen-bond acceptors (Lipinski definition) is 3. The average molecular weight is 360 g/mol.